The van der Waals surface area contributed by atoms with E-state index >= 15 is 0 Å². The highest BCUT2D eigenvalue weighted by atomic mass is 16.5. The van der Waals surface area contributed by atoms with Crippen molar-refractivity contribution in [1.82, 2.24) is 4.90 Å². The Morgan fingerprint density at radius 3 is 2.17 bits per heavy atom. The van der Waals surface area contributed by atoms with E-state index in [-0.39, 0.29) is 5.91 Å². The molecule has 0 saturated carbocycles. The number of ether oxygens (including phenoxy) is 4. The number of hydrogen-bond donors (Lipinski definition) is 0. The van der Waals surface area contributed by atoms with Crippen LogP contribution in [0, 0.1) is 5.92 Å². The van der Waals surface area contributed by atoms with Crippen LogP contribution in [0.5, 0.6) is 17.2 Å². The van der Waals surface area contributed by atoms with Crippen LogP contribution in [0.4, 0.5) is 0 Å². The monoisotopic (exact) mass is 323 g/mol. The molecule has 0 aromatic heterocycles. The highest BCUT2D eigenvalue weighted by Crippen LogP contribution is 2.38. The lowest BCUT2D eigenvalue weighted by Crippen LogP contribution is -2.34. The molecule has 1 aliphatic heterocycles. The Balaban J connectivity index is 2.17. The SMILES string of the molecule is COc1cc(C(=O)N(C)CC2CCOCC2)cc(OC)c1OC. The van der Waals surface area contributed by atoms with E-state index in [0.717, 1.165) is 32.6 Å². The van der Waals surface area contributed by atoms with Gasteiger partial charge in [0.05, 0.1) is 21.3 Å². The second-order valence-electron chi connectivity index (χ2n) is 5.66. The van der Waals surface area contributed by atoms with Crippen molar-refractivity contribution in [3.8, 4) is 17.2 Å². The summed E-state index contributed by atoms with van der Waals surface area (Å²) in [5, 5.41) is 0. The molecule has 128 valence electrons. The third kappa shape index (κ3) is 4.07. The summed E-state index contributed by atoms with van der Waals surface area (Å²) in [6.07, 6.45) is 1.99. The van der Waals surface area contributed by atoms with Crippen LogP contribution in [0.3, 0.4) is 0 Å². The van der Waals surface area contributed by atoms with E-state index in [1.54, 1.807) is 24.1 Å². The van der Waals surface area contributed by atoms with Crippen molar-refractivity contribution in [3.05, 3.63) is 17.7 Å². The molecule has 0 aliphatic carbocycles. The van der Waals surface area contributed by atoms with Gasteiger partial charge in [0.25, 0.3) is 5.91 Å². The number of amides is 1. The van der Waals surface area contributed by atoms with Crippen molar-refractivity contribution in [2.75, 3.05) is 48.1 Å². The molecule has 0 atom stereocenters. The Kier molecular flexibility index (Phi) is 6.10. The van der Waals surface area contributed by atoms with Crippen LogP contribution in [-0.4, -0.2) is 58.9 Å². The molecule has 1 aromatic rings. The summed E-state index contributed by atoms with van der Waals surface area (Å²) in [5.41, 5.74) is 0.522. The summed E-state index contributed by atoms with van der Waals surface area (Å²) < 4.78 is 21.3. The smallest absolute Gasteiger partial charge is 0.253 e. The van der Waals surface area contributed by atoms with Gasteiger partial charge in [0.1, 0.15) is 0 Å². The van der Waals surface area contributed by atoms with Crippen LogP contribution < -0.4 is 14.2 Å². The lowest BCUT2D eigenvalue weighted by molar-refractivity contribution is 0.0497. The molecule has 1 saturated heterocycles. The van der Waals surface area contributed by atoms with Crippen LogP contribution in [0.2, 0.25) is 0 Å². The lowest BCUT2D eigenvalue weighted by Gasteiger charge is -2.27. The third-order valence-electron chi connectivity index (χ3n) is 4.13. The minimum Gasteiger partial charge on any atom is -0.493 e. The summed E-state index contributed by atoms with van der Waals surface area (Å²) in [5.74, 6) is 1.87. The normalized spacial score (nSPS) is 15.1. The van der Waals surface area contributed by atoms with E-state index in [1.807, 2.05) is 7.05 Å². The predicted octanol–water partition coefficient (Wildman–Crippen LogP) is 2.21. The molecule has 1 amide bonds. The number of carbonyl (C=O) groups excluding carboxylic acids is 1. The number of hydrogen-bond acceptors (Lipinski definition) is 5. The second-order valence-corrected chi connectivity index (χ2v) is 5.66. The molecule has 0 spiro atoms. The third-order valence-corrected chi connectivity index (χ3v) is 4.13. The zero-order valence-corrected chi connectivity index (χ0v) is 14.3. The Morgan fingerprint density at radius 1 is 1.13 bits per heavy atom. The molecule has 0 bridgehead atoms. The van der Waals surface area contributed by atoms with Gasteiger partial charge in [0.2, 0.25) is 5.75 Å². The summed E-state index contributed by atoms with van der Waals surface area (Å²) in [6, 6.07) is 3.37. The average molecular weight is 323 g/mol. The molecule has 6 heteroatoms. The summed E-state index contributed by atoms with van der Waals surface area (Å²) in [4.78, 5) is 14.4. The Labute approximate surface area is 137 Å². The molecule has 0 radical (unpaired) electrons. The fourth-order valence-corrected chi connectivity index (χ4v) is 2.82. The number of rotatable bonds is 6. The summed E-state index contributed by atoms with van der Waals surface area (Å²) in [7, 11) is 6.44. The van der Waals surface area contributed by atoms with Gasteiger partial charge in [-0.15, -0.1) is 0 Å². The van der Waals surface area contributed by atoms with Gasteiger partial charge in [-0.25, -0.2) is 0 Å². The number of methoxy groups -OCH3 is 3. The zero-order chi connectivity index (χ0) is 16.8. The van der Waals surface area contributed by atoms with Crippen molar-refractivity contribution in [3.63, 3.8) is 0 Å². The highest BCUT2D eigenvalue weighted by molar-refractivity contribution is 5.95. The fraction of sp³-hybridized carbons (Fsp3) is 0.588. The molecule has 1 heterocycles. The Morgan fingerprint density at radius 2 is 1.70 bits per heavy atom. The van der Waals surface area contributed by atoms with Crippen molar-refractivity contribution < 1.29 is 23.7 Å². The van der Waals surface area contributed by atoms with E-state index in [0.29, 0.717) is 28.7 Å². The minimum absolute atomic E-state index is 0.0595. The van der Waals surface area contributed by atoms with Crippen LogP contribution >= 0.6 is 0 Å². The first-order chi connectivity index (χ1) is 11.1. The van der Waals surface area contributed by atoms with Crippen LogP contribution in [-0.2, 0) is 4.74 Å². The topological polar surface area (TPSA) is 57.2 Å². The summed E-state index contributed by atoms with van der Waals surface area (Å²) >= 11 is 0. The lowest BCUT2D eigenvalue weighted by atomic mass is 9.99. The molecule has 23 heavy (non-hydrogen) atoms. The average Bonchev–Trinajstić information content (AvgIpc) is 2.60. The Bertz CT molecular complexity index is 515. The first-order valence-corrected chi connectivity index (χ1v) is 7.74. The molecule has 1 aromatic carbocycles. The van der Waals surface area contributed by atoms with Gasteiger partial charge in [0, 0.05) is 32.4 Å². The maximum atomic E-state index is 12.7. The van der Waals surface area contributed by atoms with Gasteiger partial charge < -0.3 is 23.8 Å². The van der Waals surface area contributed by atoms with Gasteiger partial charge in [-0.1, -0.05) is 0 Å². The van der Waals surface area contributed by atoms with E-state index in [1.165, 1.54) is 14.2 Å². The highest BCUT2D eigenvalue weighted by Gasteiger charge is 2.22. The van der Waals surface area contributed by atoms with Gasteiger partial charge in [0.15, 0.2) is 11.5 Å². The molecule has 1 aliphatic rings. The first-order valence-electron chi connectivity index (χ1n) is 7.74. The van der Waals surface area contributed by atoms with E-state index in [2.05, 4.69) is 0 Å². The van der Waals surface area contributed by atoms with Gasteiger partial charge in [-0.3, -0.25) is 4.79 Å². The molecule has 6 nitrogen and oxygen atoms in total. The first kappa shape index (κ1) is 17.4. The number of carbonyl (C=O) groups is 1. The minimum atomic E-state index is -0.0595. The van der Waals surface area contributed by atoms with Gasteiger partial charge in [-0.2, -0.15) is 0 Å². The van der Waals surface area contributed by atoms with Crippen LogP contribution in [0.15, 0.2) is 12.1 Å². The molecular weight excluding hydrogens is 298 g/mol. The van der Waals surface area contributed by atoms with E-state index in [9.17, 15) is 4.79 Å². The summed E-state index contributed by atoms with van der Waals surface area (Å²) in [6.45, 7) is 2.27. The largest absolute Gasteiger partial charge is 0.493 e. The van der Waals surface area contributed by atoms with Crippen molar-refractivity contribution >= 4 is 5.91 Å². The second kappa shape index (κ2) is 8.06. The number of nitrogens with zero attached hydrogens (tertiary/aromatic N) is 1. The molecule has 2 rings (SSSR count). The van der Waals surface area contributed by atoms with Crippen molar-refractivity contribution in [1.29, 1.82) is 0 Å². The van der Waals surface area contributed by atoms with E-state index in [4.69, 9.17) is 18.9 Å². The van der Waals surface area contributed by atoms with Crippen molar-refractivity contribution in [2.45, 2.75) is 12.8 Å². The molecule has 0 unspecified atom stereocenters. The maximum absolute atomic E-state index is 12.7. The molecule has 0 N–H and O–H groups in total. The molecule has 1 fully saturated rings. The van der Waals surface area contributed by atoms with E-state index < -0.39 is 0 Å². The van der Waals surface area contributed by atoms with Gasteiger partial charge >= 0.3 is 0 Å². The zero-order valence-electron chi connectivity index (χ0n) is 14.3. The standard InChI is InChI=1S/C17H25NO5/c1-18(11-12-5-7-23-8-6-12)17(19)13-9-14(20-2)16(22-4)15(10-13)21-3/h9-10,12H,5-8,11H2,1-4H3. The quantitative estimate of drug-likeness (QED) is 0.803. The number of benzene rings is 1. The maximum Gasteiger partial charge on any atom is 0.253 e. The fourth-order valence-electron chi connectivity index (χ4n) is 2.82. The molecular formula is C17H25NO5. The van der Waals surface area contributed by atoms with Gasteiger partial charge in [-0.05, 0) is 30.9 Å². The Hall–Kier alpha value is -1.95. The predicted molar refractivity (Wildman–Crippen MR) is 86.6 cm³/mol. The van der Waals surface area contributed by atoms with Crippen LogP contribution in [0.1, 0.15) is 23.2 Å². The van der Waals surface area contributed by atoms with Crippen LogP contribution in [0.25, 0.3) is 0 Å². The van der Waals surface area contributed by atoms with Crippen molar-refractivity contribution in [2.24, 2.45) is 5.92 Å².